The van der Waals surface area contributed by atoms with Crippen LogP contribution in [-0.4, -0.2) is 45.9 Å². The fourth-order valence-corrected chi connectivity index (χ4v) is 1.60. The Balaban J connectivity index is 3.09. The lowest BCUT2D eigenvalue weighted by atomic mass is 9.91. The highest BCUT2D eigenvalue weighted by Crippen LogP contribution is 2.26. The Bertz CT molecular complexity index is 375. The highest BCUT2D eigenvalue weighted by atomic mass is 16.6. The predicted molar refractivity (Wildman–Crippen MR) is 53.5 cm³/mol. The lowest BCUT2D eigenvalue weighted by Crippen LogP contribution is -2.23. The van der Waals surface area contributed by atoms with Gasteiger partial charge in [-0.3, -0.25) is 0 Å². The standard InChI is InChI=1S/C10H12O7/c1-4(2-5-3-17-5)6(8(11)12)7(9(13)14)10(15)16/h4-5H,2-3H2,1H3,(H,11,12)(H,13,14)(H,15,16). The van der Waals surface area contributed by atoms with Gasteiger partial charge in [0.1, 0.15) is 0 Å². The molecule has 94 valence electrons. The van der Waals surface area contributed by atoms with Gasteiger partial charge in [0.05, 0.1) is 18.3 Å². The third kappa shape index (κ3) is 3.28. The number of carboxylic acids is 3. The zero-order valence-corrected chi connectivity index (χ0v) is 9.04. The Labute approximate surface area is 96.3 Å². The first kappa shape index (κ1) is 13.2. The predicted octanol–water partition coefficient (Wildman–Crippen LogP) is -0.0382. The second-order valence-electron chi connectivity index (χ2n) is 3.80. The largest absolute Gasteiger partial charge is 0.478 e. The van der Waals surface area contributed by atoms with E-state index in [2.05, 4.69) is 0 Å². The molecule has 0 radical (unpaired) electrons. The van der Waals surface area contributed by atoms with Gasteiger partial charge in [-0.15, -0.1) is 0 Å². The molecule has 1 fully saturated rings. The van der Waals surface area contributed by atoms with Gasteiger partial charge in [0.2, 0.25) is 0 Å². The van der Waals surface area contributed by atoms with Crippen molar-refractivity contribution in [3.63, 3.8) is 0 Å². The van der Waals surface area contributed by atoms with E-state index in [0.29, 0.717) is 13.0 Å². The lowest BCUT2D eigenvalue weighted by molar-refractivity contribution is -0.142. The molecule has 1 saturated heterocycles. The van der Waals surface area contributed by atoms with Gasteiger partial charge in [0, 0.05) is 0 Å². The van der Waals surface area contributed by atoms with E-state index in [1.165, 1.54) is 6.92 Å². The number of rotatable bonds is 6. The van der Waals surface area contributed by atoms with Crippen LogP contribution in [0.25, 0.3) is 0 Å². The topological polar surface area (TPSA) is 124 Å². The second kappa shape index (κ2) is 4.96. The molecule has 7 heteroatoms. The third-order valence-electron chi connectivity index (χ3n) is 2.44. The minimum atomic E-state index is -1.75. The first-order valence-corrected chi connectivity index (χ1v) is 4.90. The van der Waals surface area contributed by atoms with Crippen molar-refractivity contribution in [1.82, 2.24) is 0 Å². The lowest BCUT2D eigenvalue weighted by Gasteiger charge is -2.12. The molecule has 0 bridgehead atoms. The molecule has 17 heavy (non-hydrogen) atoms. The molecule has 3 N–H and O–H groups in total. The molecule has 0 aromatic heterocycles. The summed E-state index contributed by atoms with van der Waals surface area (Å²) < 4.78 is 4.90. The summed E-state index contributed by atoms with van der Waals surface area (Å²) in [4.78, 5) is 32.5. The van der Waals surface area contributed by atoms with E-state index >= 15 is 0 Å². The Morgan fingerprint density at radius 3 is 1.94 bits per heavy atom. The molecule has 1 heterocycles. The van der Waals surface area contributed by atoms with Gasteiger partial charge >= 0.3 is 17.9 Å². The molecular formula is C10H12O7. The number of hydrogen-bond acceptors (Lipinski definition) is 4. The van der Waals surface area contributed by atoms with Crippen molar-refractivity contribution in [3.05, 3.63) is 11.1 Å². The fraction of sp³-hybridized carbons (Fsp3) is 0.500. The summed E-state index contributed by atoms with van der Waals surface area (Å²) in [5.41, 5.74) is -1.69. The SMILES string of the molecule is CC(CC1CO1)C(C(=O)O)=C(C(=O)O)C(=O)O. The van der Waals surface area contributed by atoms with Crippen LogP contribution in [0.1, 0.15) is 13.3 Å². The first-order chi connectivity index (χ1) is 7.84. The highest BCUT2D eigenvalue weighted by molar-refractivity contribution is 6.17. The summed E-state index contributed by atoms with van der Waals surface area (Å²) in [5, 5.41) is 26.4. The molecule has 0 spiro atoms. The van der Waals surface area contributed by atoms with Crippen LogP contribution in [0.3, 0.4) is 0 Å². The second-order valence-corrected chi connectivity index (χ2v) is 3.80. The summed E-state index contributed by atoms with van der Waals surface area (Å²) in [6, 6.07) is 0. The van der Waals surface area contributed by atoms with Gasteiger partial charge < -0.3 is 20.1 Å². The summed E-state index contributed by atoms with van der Waals surface area (Å²) in [7, 11) is 0. The zero-order valence-electron chi connectivity index (χ0n) is 9.04. The molecule has 0 aromatic carbocycles. The Kier molecular flexibility index (Phi) is 3.84. The van der Waals surface area contributed by atoms with Crippen molar-refractivity contribution in [2.24, 2.45) is 5.92 Å². The van der Waals surface area contributed by atoms with E-state index in [-0.39, 0.29) is 6.10 Å². The van der Waals surface area contributed by atoms with Crippen molar-refractivity contribution in [2.45, 2.75) is 19.4 Å². The van der Waals surface area contributed by atoms with E-state index in [1.54, 1.807) is 0 Å². The molecule has 2 unspecified atom stereocenters. The van der Waals surface area contributed by atoms with E-state index in [0.717, 1.165) is 0 Å². The van der Waals surface area contributed by atoms with Crippen LogP contribution < -0.4 is 0 Å². The van der Waals surface area contributed by atoms with E-state index in [9.17, 15) is 14.4 Å². The molecule has 1 aliphatic rings. The van der Waals surface area contributed by atoms with Crippen molar-refractivity contribution in [1.29, 1.82) is 0 Å². The summed E-state index contributed by atoms with van der Waals surface area (Å²) in [6.45, 7) is 1.96. The monoisotopic (exact) mass is 244 g/mol. The summed E-state index contributed by atoms with van der Waals surface area (Å²) in [6.07, 6.45) is 0.189. The number of ether oxygens (including phenoxy) is 1. The Morgan fingerprint density at radius 2 is 1.65 bits per heavy atom. The van der Waals surface area contributed by atoms with Crippen molar-refractivity contribution in [3.8, 4) is 0 Å². The number of epoxide rings is 1. The van der Waals surface area contributed by atoms with Crippen molar-refractivity contribution >= 4 is 17.9 Å². The third-order valence-corrected chi connectivity index (χ3v) is 2.44. The Morgan fingerprint density at radius 1 is 1.18 bits per heavy atom. The van der Waals surface area contributed by atoms with E-state index in [4.69, 9.17) is 20.1 Å². The average Bonchev–Trinajstić information content (AvgIpc) is 2.95. The minimum absolute atomic E-state index is 0.108. The van der Waals surface area contributed by atoms with E-state index in [1.807, 2.05) is 0 Å². The van der Waals surface area contributed by atoms with Crippen LogP contribution in [0.5, 0.6) is 0 Å². The number of carboxylic acid groups (broad SMARTS) is 3. The average molecular weight is 244 g/mol. The first-order valence-electron chi connectivity index (χ1n) is 4.90. The molecule has 7 nitrogen and oxygen atoms in total. The van der Waals surface area contributed by atoms with E-state index < -0.39 is 35.0 Å². The molecule has 0 aliphatic carbocycles. The normalized spacial score (nSPS) is 19.2. The maximum atomic E-state index is 11.0. The van der Waals surface area contributed by atoms with Crippen molar-refractivity contribution < 1.29 is 34.4 Å². The van der Waals surface area contributed by atoms with Crippen LogP contribution in [0, 0.1) is 5.92 Å². The van der Waals surface area contributed by atoms with Crippen LogP contribution >= 0.6 is 0 Å². The maximum Gasteiger partial charge on any atom is 0.343 e. The van der Waals surface area contributed by atoms with Gasteiger partial charge in [0.15, 0.2) is 5.57 Å². The smallest absolute Gasteiger partial charge is 0.343 e. The molecule has 0 saturated carbocycles. The van der Waals surface area contributed by atoms with Gasteiger partial charge in [-0.25, -0.2) is 14.4 Å². The maximum absolute atomic E-state index is 11.0. The highest BCUT2D eigenvalue weighted by Gasteiger charge is 2.34. The van der Waals surface area contributed by atoms with Gasteiger partial charge in [0.25, 0.3) is 0 Å². The van der Waals surface area contributed by atoms with Crippen molar-refractivity contribution in [2.75, 3.05) is 6.61 Å². The van der Waals surface area contributed by atoms with Crippen LogP contribution in [0.15, 0.2) is 11.1 Å². The van der Waals surface area contributed by atoms with Gasteiger partial charge in [-0.2, -0.15) is 0 Å². The molecule has 2 atom stereocenters. The zero-order chi connectivity index (χ0) is 13.2. The quantitative estimate of drug-likeness (QED) is 0.259. The number of carbonyl (C=O) groups is 3. The van der Waals surface area contributed by atoms with Gasteiger partial charge in [-0.05, 0) is 12.3 Å². The fourth-order valence-electron chi connectivity index (χ4n) is 1.60. The molecule has 1 rings (SSSR count). The van der Waals surface area contributed by atoms with Crippen LogP contribution in [-0.2, 0) is 19.1 Å². The molecular weight excluding hydrogens is 232 g/mol. The number of hydrogen-bond donors (Lipinski definition) is 3. The Hall–Kier alpha value is -1.89. The van der Waals surface area contributed by atoms with Crippen LogP contribution in [0.2, 0.25) is 0 Å². The number of aliphatic carboxylic acids is 3. The van der Waals surface area contributed by atoms with Crippen LogP contribution in [0.4, 0.5) is 0 Å². The summed E-state index contributed by atoms with van der Waals surface area (Å²) in [5.74, 6) is -5.72. The minimum Gasteiger partial charge on any atom is -0.478 e. The molecule has 0 aromatic rings. The molecule has 1 aliphatic heterocycles. The summed E-state index contributed by atoms with van der Waals surface area (Å²) >= 11 is 0. The molecule has 0 amide bonds. The van der Waals surface area contributed by atoms with Gasteiger partial charge in [-0.1, -0.05) is 6.92 Å².